The van der Waals surface area contributed by atoms with Gasteiger partial charge < -0.3 is 25.3 Å². The molecular weight excluding hydrogens is 298 g/mol. The smallest absolute Gasteiger partial charge is 0.0110 e. The molecule has 0 saturated heterocycles. The molecule has 0 radical (unpaired) electrons. The summed E-state index contributed by atoms with van der Waals surface area (Å²) in [5.74, 6) is 0. The van der Waals surface area contributed by atoms with Crippen molar-refractivity contribution in [2.24, 2.45) is 0 Å². The van der Waals surface area contributed by atoms with E-state index in [4.69, 9.17) is 0 Å². The Labute approximate surface area is 152 Å². The molecule has 0 aliphatic carbocycles. The zero-order valence-corrected chi connectivity index (χ0v) is 17.2. The summed E-state index contributed by atoms with van der Waals surface area (Å²) in [6.07, 6.45) is 3.72. The van der Waals surface area contributed by atoms with E-state index in [9.17, 15) is 0 Å². The lowest BCUT2D eigenvalue weighted by molar-refractivity contribution is 0.225. The van der Waals surface area contributed by atoms with Crippen molar-refractivity contribution >= 4 is 0 Å². The molecule has 0 rings (SSSR count). The van der Waals surface area contributed by atoms with Gasteiger partial charge in [-0.15, -0.1) is 0 Å². The largest absolute Gasteiger partial charge is 0.315 e. The van der Waals surface area contributed by atoms with Crippen LogP contribution in [0.2, 0.25) is 0 Å². The van der Waals surface area contributed by atoms with Gasteiger partial charge >= 0.3 is 0 Å². The molecule has 5 nitrogen and oxygen atoms in total. The van der Waals surface area contributed by atoms with Crippen molar-refractivity contribution in [1.82, 2.24) is 25.3 Å². The van der Waals surface area contributed by atoms with Gasteiger partial charge in [-0.3, -0.25) is 0 Å². The first-order valence-electron chi connectivity index (χ1n) is 10.1. The molecule has 24 heavy (non-hydrogen) atoms. The Balaban J connectivity index is 3.53. The highest BCUT2D eigenvalue weighted by Crippen LogP contribution is 1.93. The van der Waals surface area contributed by atoms with Gasteiger partial charge in [-0.1, -0.05) is 20.8 Å². The highest BCUT2D eigenvalue weighted by molar-refractivity contribution is 4.63. The molecule has 0 unspecified atom stereocenters. The molecule has 0 fully saturated rings. The summed E-state index contributed by atoms with van der Waals surface area (Å²) in [6.45, 7) is 19.4. The summed E-state index contributed by atoms with van der Waals surface area (Å²) >= 11 is 0. The summed E-state index contributed by atoms with van der Waals surface area (Å²) < 4.78 is 0. The third kappa shape index (κ3) is 15.3. The molecule has 0 saturated carbocycles. The quantitative estimate of drug-likeness (QED) is 0.369. The molecule has 0 amide bonds. The zero-order chi connectivity index (χ0) is 18.0. The fraction of sp³-hybridized carbons (Fsp3) is 1.00. The standard InChI is InChI=1S/C19H45N5/c1-6-14-23(5)18-19-24(15-7-2)17-13-21-12-11-20-10-9-16-22(4)8-3/h20-21H,6-19H2,1-5H3. The van der Waals surface area contributed by atoms with Crippen molar-refractivity contribution in [1.29, 1.82) is 0 Å². The van der Waals surface area contributed by atoms with Crippen molar-refractivity contribution < 1.29 is 0 Å². The summed E-state index contributed by atoms with van der Waals surface area (Å²) in [5.41, 5.74) is 0. The first-order valence-corrected chi connectivity index (χ1v) is 10.1. The molecule has 5 heteroatoms. The number of nitrogens with zero attached hydrogens (tertiary/aromatic N) is 3. The van der Waals surface area contributed by atoms with Crippen LogP contribution in [-0.4, -0.2) is 101 Å². The SMILES string of the molecule is CCCN(C)CCN(CCC)CCNCCNCCCN(C)CC. The molecule has 146 valence electrons. The van der Waals surface area contributed by atoms with Crippen LogP contribution >= 0.6 is 0 Å². The van der Waals surface area contributed by atoms with Crippen LogP contribution in [0.1, 0.15) is 40.0 Å². The Hall–Kier alpha value is -0.200. The van der Waals surface area contributed by atoms with Gasteiger partial charge in [0.15, 0.2) is 0 Å². The fourth-order valence-corrected chi connectivity index (χ4v) is 2.75. The van der Waals surface area contributed by atoms with E-state index < -0.39 is 0 Å². The first kappa shape index (κ1) is 23.8. The van der Waals surface area contributed by atoms with E-state index in [1.807, 2.05) is 0 Å². The summed E-state index contributed by atoms with van der Waals surface area (Å²) in [6, 6.07) is 0. The molecule has 0 atom stereocenters. The van der Waals surface area contributed by atoms with Crippen LogP contribution in [0.3, 0.4) is 0 Å². The van der Waals surface area contributed by atoms with Crippen molar-refractivity contribution in [3.8, 4) is 0 Å². The van der Waals surface area contributed by atoms with Crippen LogP contribution in [0.5, 0.6) is 0 Å². The Bertz CT molecular complexity index is 250. The van der Waals surface area contributed by atoms with Crippen LogP contribution in [0.25, 0.3) is 0 Å². The van der Waals surface area contributed by atoms with Gasteiger partial charge in [0, 0.05) is 39.3 Å². The lowest BCUT2D eigenvalue weighted by atomic mass is 10.3. The van der Waals surface area contributed by atoms with Crippen LogP contribution in [-0.2, 0) is 0 Å². The molecule has 2 N–H and O–H groups in total. The highest BCUT2D eigenvalue weighted by Gasteiger charge is 2.05. The third-order valence-corrected chi connectivity index (χ3v) is 4.46. The Morgan fingerprint density at radius 2 is 1.25 bits per heavy atom. The highest BCUT2D eigenvalue weighted by atomic mass is 15.2. The average molecular weight is 344 g/mol. The van der Waals surface area contributed by atoms with Crippen LogP contribution in [0.4, 0.5) is 0 Å². The zero-order valence-electron chi connectivity index (χ0n) is 17.2. The lowest BCUT2D eigenvalue weighted by Gasteiger charge is -2.25. The molecule has 0 bridgehead atoms. The van der Waals surface area contributed by atoms with E-state index in [-0.39, 0.29) is 0 Å². The van der Waals surface area contributed by atoms with Gasteiger partial charge in [0.1, 0.15) is 0 Å². The molecule has 0 aromatic rings. The van der Waals surface area contributed by atoms with Gasteiger partial charge in [0.25, 0.3) is 0 Å². The maximum Gasteiger partial charge on any atom is 0.0110 e. The van der Waals surface area contributed by atoms with Crippen LogP contribution in [0, 0.1) is 0 Å². The summed E-state index contributed by atoms with van der Waals surface area (Å²) in [4.78, 5) is 7.39. The van der Waals surface area contributed by atoms with Crippen molar-refractivity contribution in [3.05, 3.63) is 0 Å². The second kappa shape index (κ2) is 17.6. The monoisotopic (exact) mass is 343 g/mol. The number of hydrogen-bond donors (Lipinski definition) is 2. The Kier molecular flexibility index (Phi) is 17.5. The predicted molar refractivity (Wildman–Crippen MR) is 108 cm³/mol. The maximum atomic E-state index is 3.57. The minimum atomic E-state index is 1.07. The average Bonchev–Trinajstić information content (AvgIpc) is 2.57. The van der Waals surface area contributed by atoms with Crippen molar-refractivity contribution in [2.75, 3.05) is 86.1 Å². The topological polar surface area (TPSA) is 33.8 Å². The second-order valence-corrected chi connectivity index (χ2v) is 6.89. The first-order chi connectivity index (χ1) is 11.6. The number of hydrogen-bond acceptors (Lipinski definition) is 5. The van der Waals surface area contributed by atoms with E-state index >= 15 is 0 Å². The molecule has 0 spiro atoms. The summed E-state index contributed by atoms with van der Waals surface area (Å²) in [5, 5.41) is 7.09. The van der Waals surface area contributed by atoms with Gasteiger partial charge in [0.2, 0.25) is 0 Å². The molecule has 0 aliphatic rings. The third-order valence-electron chi connectivity index (χ3n) is 4.46. The fourth-order valence-electron chi connectivity index (χ4n) is 2.75. The van der Waals surface area contributed by atoms with Gasteiger partial charge in [-0.05, 0) is 66.1 Å². The lowest BCUT2D eigenvalue weighted by Crippen LogP contribution is -2.39. The molecular formula is C19H45N5. The van der Waals surface area contributed by atoms with Gasteiger partial charge in [0.05, 0.1) is 0 Å². The number of rotatable bonds is 18. The maximum absolute atomic E-state index is 3.57. The summed E-state index contributed by atoms with van der Waals surface area (Å²) in [7, 11) is 4.42. The molecule has 0 aliphatic heterocycles. The van der Waals surface area contributed by atoms with Gasteiger partial charge in [-0.25, -0.2) is 0 Å². The second-order valence-electron chi connectivity index (χ2n) is 6.89. The van der Waals surface area contributed by atoms with Gasteiger partial charge in [-0.2, -0.15) is 0 Å². The van der Waals surface area contributed by atoms with E-state index in [0.29, 0.717) is 0 Å². The van der Waals surface area contributed by atoms with Crippen LogP contribution < -0.4 is 10.6 Å². The molecule has 0 heterocycles. The Morgan fingerprint density at radius 1 is 0.583 bits per heavy atom. The number of nitrogens with one attached hydrogen (secondary N) is 2. The van der Waals surface area contributed by atoms with Crippen molar-refractivity contribution in [3.63, 3.8) is 0 Å². The van der Waals surface area contributed by atoms with E-state index in [0.717, 1.165) is 39.3 Å². The Morgan fingerprint density at radius 3 is 1.88 bits per heavy atom. The molecule has 0 aromatic carbocycles. The molecule has 0 aromatic heterocycles. The van der Waals surface area contributed by atoms with Crippen molar-refractivity contribution in [2.45, 2.75) is 40.0 Å². The minimum absolute atomic E-state index is 1.07. The van der Waals surface area contributed by atoms with E-state index in [2.05, 4.69) is 60.2 Å². The normalized spacial score (nSPS) is 12.0. The number of likely N-dealkylation sites (N-methyl/N-ethyl adjacent to an activating group) is 1. The predicted octanol–water partition coefficient (Wildman–Crippen LogP) is 1.56. The van der Waals surface area contributed by atoms with Crippen LogP contribution in [0.15, 0.2) is 0 Å². The van der Waals surface area contributed by atoms with E-state index in [1.165, 1.54) is 52.0 Å². The minimum Gasteiger partial charge on any atom is -0.315 e. The van der Waals surface area contributed by atoms with E-state index in [1.54, 1.807) is 0 Å².